The SMILES string of the molecule is CCNC(c1cccc(F)c1F)C1C(C)(C)C1(C)C. The lowest BCUT2D eigenvalue weighted by Gasteiger charge is -2.21. The summed E-state index contributed by atoms with van der Waals surface area (Å²) in [7, 11) is 0. The van der Waals surface area contributed by atoms with Crippen molar-refractivity contribution in [2.45, 2.75) is 40.7 Å². The zero-order valence-electron chi connectivity index (χ0n) is 12.3. The highest BCUT2D eigenvalue weighted by Crippen LogP contribution is 2.72. The molecule has 1 N–H and O–H groups in total. The van der Waals surface area contributed by atoms with E-state index >= 15 is 0 Å². The molecule has 1 aromatic rings. The third-order valence-electron chi connectivity index (χ3n) is 5.21. The minimum atomic E-state index is -0.767. The lowest BCUT2D eigenvalue weighted by Crippen LogP contribution is -2.26. The van der Waals surface area contributed by atoms with E-state index in [0.29, 0.717) is 11.5 Å². The maximum absolute atomic E-state index is 14.1. The average molecular weight is 267 g/mol. The van der Waals surface area contributed by atoms with E-state index in [1.807, 2.05) is 6.92 Å². The number of halogens is 2. The summed E-state index contributed by atoms with van der Waals surface area (Å²) < 4.78 is 27.5. The van der Waals surface area contributed by atoms with E-state index in [9.17, 15) is 8.78 Å². The molecule has 1 saturated carbocycles. The minimum absolute atomic E-state index is 0.124. The molecule has 3 heteroatoms. The quantitative estimate of drug-likeness (QED) is 0.857. The van der Waals surface area contributed by atoms with E-state index in [2.05, 4.69) is 33.0 Å². The Bertz CT molecular complexity index is 466. The van der Waals surface area contributed by atoms with Crippen LogP contribution in [-0.4, -0.2) is 6.54 Å². The Morgan fingerprint density at radius 2 is 1.74 bits per heavy atom. The van der Waals surface area contributed by atoms with Gasteiger partial charge in [-0.3, -0.25) is 0 Å². The van der Waals surface area contributed by atoms with E-state index in [0.717, 1.165) is 6.54 Å². The van der Waals surface area contributed by atoms with E-state index in [1.54, 1.807) is 12.1 Å². The van der Waals surface area contributed by atoms with Crippen LogP contribution in [0.25, 0.3) is 0 Å². The van der Waals surface area contributed by atoms with Crippen LogP contribution in [0.3, 0.4) is 0 Å². The predicted octanol–water partition coefficient (Wildman–Crippen LogP) is 4.30. The van der Waals surface area contributed by atoms with Crippen LogP contribution in [0.1, 0.15) is 46.2 Å². The van der Waals surface area contributed by atoms with Crippen LogP contribution in [0.2, 0.25) is 0 Å². The van der Waals surface area contributed by atoms with Crippen LogP contribution in [0.5, 0.6) is 0 Å². The van der Waals surface area contributed by atoms with Gasteiger partial charge < -0.3 is 5.32 Å². The first kappa shape index (κ1) is 14.4. The van der Waals surface area contributed by atoms with Crippen LogP contribution in [0.15, 0.2) is 18.2 Å². The maximum atomic E-state index is 14.1. The van der Waals surface area contributed by atoms with Gasteiger partial charge in [-0.1, -0.05) is 46.8 Å². The standard InChI is InChI=1S/C16H23F2N/c1-6-19-13(14-15(2,3)16(14,4)5)10-8-7-9-11(17)12(10)18/h7-9,13-14,19H,6H2,1-5H3. The first-order valence-electron chi connectivity index (χ1n) is 6.92. The minimum Gasteiger partial charge on any atom is -0.310 e. The molecule has 1 nitrogen and oxygen atoms in total. The van der Waals surface area contributed by atoms with Crippen molar-refractivity contribution in [1.82, 2.24) is 5.32 Å². The van der Waals surface area contributed by atoms with Gasteiger partial charge in [0.15, 0.2) is 11.6 Å². The van der Waals surface area contributed by atoms with Crippen molar-refractivity contribution < 1.29 is 8.78 Å². The van der Waals surface area contributed by atoms with Gasteiger partial charge in [-0.2, -0.15) is 0 Å². The highest BCUT2D eigenvalue weighted by molar-refractivity contribution is 5.29. The Morgan fingerprint density at radius 1 is 1.16 bits per heavy atom. The highest BCUT2D eigenvalue weighted by Gasteiger charge is 2.67. The van der Waals surface area contributed by atoms with Gasteiger partial charge in [0, 0.05) is 11.6 Å². The fourth-order valence-corrected chi connectivity index (χ4v) is 3.47. The van der Waals surface area contributed by atoms with Gasteiger partial charge in [-0.15, -0.1) is 0 Å². The fourth-order valence-electron chi connectivity index (χ4n) is 3.47. The zero-order valence-corrected chi connectivity index (χ0v) is 12.3. The molecule has 1 unspecified atom stereocenters. The first-order valence-corrected chi connectivity index (χ1v) is 6.92. The lowest BCUT2D eigenvalue weighted by molar-refractivity contribution is 0.393. The van der Waals surface area contributed by atoms with E-state index < -0.39 is 11.6 Å². The van der Waals surface area contributed by atoms with Crippen molar-refractivity contribution in [3.05, 3.63) is 35.4 Å². The molecule has 0 aliphatic heterocycles. The average Bonchev–Trinajstić information content (AvgIpc) is 2.71. The molecule has 1 aliphatic rings. The third kappa shape index (κ3) is 2.08. The number of benzene rings is 1. The molecular weight excluding hydrogens is 244 g/mol. The third-order valence-corrected chi connectivity index (χ3v) is 5.21. The molecule has 0 amide bonds. The van der Waals surface area contributed by atoms with Crippen molar-refractivity contribution in [3.63, 3.8) is 0 Å². The van der Waals surface area contributed by atoms with E-state index in [4.69, 9.17) is 0 Å². The van der Waals surface area contributed by atoms with Crippen LogP contribution in [-0.2, 0) is 0 Å². The molecule has 19 heavy (non-hydrogen) atoms. The summed E-state index contributed by atoms with van der Waals surface area (Å²) in [6.45, 7) is 11.5. The Labute approximate surface area is 114 Å². The van der Waals surface area contributed by atoms with E-state index in [1.165, 1.54) is 6.07 Å². The number of rotatable bonds is 4. The summed E-state index contributed by atoms with van der Waals surface area (Å²) in [5, 5.41) is 3.33. The van der Waals surface area contributed by atoms with Crippen LogP contribution in [0.4, 0.5) is 8.78 Å². The molecular formula is C16H23F2N. The van der Waals surface area contributed by atoms with Crippen molar-refractivity contribution in [1.29, 1.82) is 0 Å². The van der Waals surface area contributed by atoms with Gasteiger partial charge in [-0.05, 0) is 29.4 Å². The second-order valence-corrected chi connectivity index (χ2v) is 6.60. The molecule has 1 fully saturated rings. The smallest absolute Gasteiger partial charge is 0.163 e. The second-order valence-electron chi connectivity index (χ2n) is 6.60. The van der Waals surface area contributed by atoms with Gasteiger partial charge >= 0.3 is 0 Å². The van der Waals surface area contributed by atoms with Crippen molar-refractivity contribution in [2.24, 2.45) is 16.7 Å². The van der Waals surface area contributed by atoms with Crippen LogP contribution >= 0.6 is 0 Å². The zero-order chi connectivity index (χ0) is 14.4. The summed E-state index contributed by atoms with van der Waals surface area (Å²) in [6.07, 6.45) is 0. The molecule has 1 aromatic carbocycles. The highest BCUT2D eigenvalue weighted by atomic mass is 19.2. The Balaban J connectivity index is 2.40. The molecule has 2 rings (SSSR count). The summed E-state index contributed by atoms with van der Waals surface area (Å²) in [5.74, 6) is -1.18. The van der Waals surface area contributed by atoms with Crippen LogP contribution < -0.4 is 5.32 Å². The summed E-state index contributed by atoms with van der Waals surface area (Å²) in [4.78, 5) is 0. The predicted molar refractivity (Wildman–Crippen MR) is 73.8 cm³/mol. The largest absolute Gasteiger partial charge is 0.310 e. The fraction of sp³-hybridized carbons (Fsp3) is 0.625. The Morgan fingerprint density at radius 3 is 2.21 bits per heavy atom. The monoisotopic (exact) mass is 267 g/mol. The normalized spacial score (nSPS) is 22.3. The Kier molecular flexibility index (Phi) is 3.46. The van der Waals surface area contributed by atoms with Crippen LogP contribution in [0, 0.1) is 28.4 Å². The number of hydrogen-bond donors (Lipinski definition) is 1. The van der Waals surface area contributed by atoms with Gasteiger partial charge in [0.25, 0.3) is 0 Å². The summed E-state index contributed by atoms with van der Waals surface area (Å²) >= 11 is 0. The number of hydrogen-bond acceptors (Lipinski definition) is 1. The van der Waals surface area contributed by atoms with Gasteiger partial charge in [0.2, 0.25) is 0 Å². The molecule has 0 heterocycles. The van der Waals surface area contributed by atoms with Crippen molar-refractivity contribution >= 4 is 0 Å². The van der Waals surface area contributed by atoms with E-state index in [-0.39, 0.29) is 16.9 Å². The molecule has 106 valence electrons. The second kappa shape index (κ2) is 4.55. The van der Waals surface area contributed by atoms with Gasteiger partial charge in [0.05, 0.1) is 0 Å². The molecule has 0 aromatic heterocycles. The maximum Gasteiger partial charge on any atom is 0.163 e. The Hall–Kier alpha value is -0.960. The van der Waals surface area contributed by atoms with Crippen molar-refractivity contribution in [3.8, 4) is 0 Å². The van der Waals surface area contributed by atoms with Gasteiger partial charge in [0.1, 0.15) is 0 Å². The molecule has 0 saturated heterocycles. The molecule has 0 bridgehead atoms. The van der Waals surface area contributed by atoms with Crippen molar-refractivity contribution in [2.75, 3.05) is 6.54 Å². The van der Waals surface area contributed by atoms with Gasteiger partial charge in [-0.25, -0.2) is 8.78 Å². The lowest BCUT2D eigenvalue weighted by atomic mass is 9.96. The molecule has 1 atom stereocenters. The molecule has 1 aliphatic carbocycles. The topological polar surface area (TPSA) is 12.0 Å². The summed E-state index contributed by atoms with van der Waals surface area (Å²) in [5.41, 5.74) is 0.697. The summed E-state index contributed by atoms with van der Waals surface area (Å²) in [6, 6.07) is 4.31. The molecule has 0 radical (unpaired) electrons. The molecule has 0 spiro atoms. The first-order chi connectivity index (χ1) is 8.75. The number of nitrogens with one attached hydrogen (secondary N) is 1.